The van der Waals surface area contributed by atoms with E-state index in [-0.39, 0.29) is 34.8 Å². The van der Waals surface area contributed by atoms with Crippen molar-refractivity contribution in [3.8, 4) is 0 Å². The molecule has 6 rings (SSSR count). The fraction of sp³-hybridized carbons (Fsp3) is 0.270. The Morgan fingerprint density at radius 1 is 0.700 bits per heavy atom. The molecule has 0 bridgehead atoms. The average Bonchev–Trinajstić information content (AvgIpc) is 3.31. The van der Waals surface area contributed by atoms with Crippen molar-refractivity contribution in [2.24, 2.45) is 0 Å². The molecule has 0 radical (unpaired) electrons. The minimum absolute atomic E-state index is 0. The molecule has 0 saturated heterocycles. The van der Waals surface area contributed by atoms with E-state index in [0.29, 0.717) is 0 Å². The summed E-state index contributed by atoms with van der Waals surface area (Å²) < 4.78 is 2.48. The number of hydrogen-bond acceptors (Lipinski definition) is 1. The van der Waals surface area contributed by atoms with E-state index >= 15 is 0 Å². The third kappa shape index (κ3) is 4.25. The van der Waals surface area contributed by atoms with Gasteiger partial charge in [-0.15, -0.1) is 0 Å². The molecule has 2 aliphatic heterocycles. The molecule has 4 aromatic carbocycles. The summed E-state index contributed by atoms with van der Waals surface area (Å²) in [5.74, 6) is 0. The molecule has 0 unspecified atom stereocenters. The van der Waals surface area contributed by atoms with Crippen molar-refractivity contribution in [1.29, 1.82) is 0 Å². The molecule has 0 aromatic heterocycles. The van der Waals surface area contributed by atoms with E-state index in [1.54, 1.807) is 0 Å². The minimum Gasteiger partial charge on any atom is -1.00 e. The van der Waals surface area contributed by atoms with Crippen LogP contribution >= 0.6 is 0 Å². The molecule has 3 heteroatoms. The number of likely N-dealkylation sites (N-methyl/N-ethyl adjacent to an activating group) is 1. The molecule has 0 fully saturated rings. The highest BCUT2D eigenvalue weighted by atomic mass is 127. The first-order valence-corrected chi connectivity index (χ1v) is 14.3. The van der Waals surface area contributed by atoms with Crippen LogP contribution in [0.3, 0.4) is 0 Å². The SMILES string of the molecule is CCN1C(=CC=CC=CC2=[N+](CC)c3ccc4ccccc4c3C2(C)C)C(C)(C)c2c1ccc1ccccc21.[I-]. The molecule has 0 atom stereocenters. The summed E-state index contributed by atoms with van der Waals surface area (Å²) in [5.41, 5.74) is 8.11. The Bertz CT molecular complexity index is 1730. The molecule has 2 aliphatic rings. The van der Waals surface area contributed by atoms with E-state index in [1.807, 2.05) is 0 Å². The standard InChI is InChI=1S/C37H39N2.HI/c1-7-38-30-24-22-26-16-12-14-18-28(26)34(30)36(3,4)32(38)20-10-9-11-21-33-37(5,6)35-29-19-15-13-17-27(29)23-25-31(35)39(33)8-2;/h9-25H,7-8H2,1-6H3;1H/q+1;/p-1. The van der Waals surface area contributed by atoms with Gasteiger partial charge in [-0.2, -0.15) is 4.58 Å². The number of halogens is 1. The van der Waals surface area contributed by atoms with Crippen LogP contribution in [0.1, 0.15) is 52.7 Å². The fourth-order valence-electron chi connectivity index (χ4n) is 7.11. The lowest BCUT2D eigenvalue weighted by molar-refractivity contribution is -0.433. The normalized spacial score (nSPS) is 18.4. The fourth-order valence-corrected chi connectivity index (χ4v) is 7.11. The molecule has 0 spiro atoms. The molecule has 0 N–H and O–H groups in total. The summed E-state index contributed by atoms with van der Waals surface area (Å²) in [6, 6.07) is 26.7. The van der Waals surface area contributed by atoms with Gasteiger partial charge in [0, 0.05) is 41.1 Å². The van der Waals surface area contributed by atoms with Crippen molar-refractivity contribution < 1.29 is 28.6 Å². The monoisotopic (exact) mass is 638 g/mol. The van der Waals surface area contributed by atoms with Gasteiger partial charge in [0.15, 0.2) is 5.71 Å². The predicted molar refractivity (Wildman–Crippen MR) is 169 cm³/mol. The van der Waals surface area contributed by atoms with Crippen molar-refractivity contribution >= 4 is 38.6 Å². The van der Waals surface area contributed by atoms with Crippen molar-refractivity contribution in [2.75, 3.05) is 18.0 Å². The number of rotatable bonds is 5. The van der Waals surface area contributed by atoms with E-state index in [9.17, 15) is 0 Å². The minimum atomic E-state index is -0.0653. The lowest BCUT2D eigenvalue weighted by Gasteiger charge is -2.26. The van der Waals surface area contributed by atoms with Crippen molar-refractivity contribution in [3.05, 3.63) is 120 Å². The predicted octanol–water partition coefficient (Wildman–Crippen LogP) is 6.21. The number of anilines is 1. The zero-order valence-corrected chi connectivity index (χ0v) is 26.7. The molecule has 40 heavy (non-hydrogen) atoms. The van der Waals surface area contributed by atoms with Crippen LogP contribution in [0.5, 0.6) is 0 Å². The van der Waals surface area contributed by atoms with Crippen LogP contribution in [0.15, 0.2) is 109 Å². The Morgan fingerprint density at radius 3 is 1.98 bits per heavy atom. The summed E-state index contributed by atoms with van der Waals surface area (Å²) in [6.07, 6.45) is 11.2. The second-order valence-electron chi connectivity index (χ2n) is 11.8. The van der Waals surface area contributed by atoms with Crippen molar-refractivity contribution in [3.63, 3.8) is 0 Å². The number of hydrogen-bond donors (Lipinski definition) is 0. The quantitative estimate of drug-likeness (QED) is 0.143. The molecular weight excluding hydrogens is 599 g/mol. The van der Waals surface area contributed by atoms with Crippen LogP contribution < -0.4 is 28.9 Å². The molecule has 4 aromatic rings. The van der Waals surface area contributed by atoms with Crippen LogP contribution in [-0.4, -0.2) is 23.4 Å². The zero-order chi connectivity index (χ0) is 27.4. The number of fused-ring (bicyclic) bond motifs is 6. The van der Waals surface area contributed by atoms with Crippen molar-refractivity contribution in [2.45, 2.75) is 52.4 Å². The van der Waals surface area contributed by atoms with Gasteiger partial charge < -0.3 is 28.9 Å². The van der Waals surface area contributed by atoms with Gasteiger partial charge in [0.05, 0.1) is 5.41 Å². The molecule has 0 saturated carbocycles. The average molecular weight is 639 g/mol. The van der Waals surface area contributed by atoms with E-state index in [2.05, 4.69) is 154 Å². The van der Waals surface area contributed by atoms with E-state index in [4.69, 9.17) is 0 Å². The second kappa shape index (κ2) is 10.7. The van der Waals surface area contributed by atoms with Crippen LogP contribution in [0.25, 0.3) is 21.5 Å². The van der Waals surface area contributed by atoms with Crippen LogP contribution in [0.4, 0.5) is 11.4 Å². The number of allylic oxidation sites excluding steroid dienone is 6. The second-order valence-corrected chi connectivity index (χ2v) is 11.8. The van der Waals surface area contributed by atoms with Gasteiger partial charge in [-0.3, -0.25) is 0 Å². The Morgan fingerprint density at radius 2 is 1.32 bits per heavy atom. The maximum Gasteiger partial charge on any atom is 0.210 e. The summed E-state index contributed by atoms with van der Waals surface area (Å²) >= 11 is 0. The maximum absolute atomic E-state index is 2.48. The van der Waals surface area contributed by atoms with Crippen LogP contribution in [-0.2, 0) is 10.8 Å². The summed E-state index contributed by atoms with van der Waals surface area (Å²) in [7, 11) is 0. The number of nitrogens with zero attached hydrogens (tertiary/aromatic N) is 2. The summed E-state index contributed by atoms with van der Waals surface area (Å²) in [5, 5.41) is 5.34. The Balaban J connectivity index is 0.00000323. The topological polar surface area (TPSA) is 6.25 Å². The van der Waals surface area contributed by atoms with Gasteiger partial charge in [0.1, 0.15) is 6.54 Å². The number of benzene rings is 4. The van der Waals surface area contributed by atoms with Gasteiger partial charge in [0.25, 0.3) is 0 Å². The van der Waals surface area contributed by atoms with Gasteiger partial charge in [-0.25, -0.2) is 0 Å². The zero-order valence-electron chi connectivity index (χ0n) is 24.5. The van der Waals surface area contributed by atoms with Gasteiger partial charge >= 0.3 is 0 Å². The van der Waals surface area contributed by atoms with Gasteiger partial charge in [0.2, 0.25) is 5.69 Å². The molecule has 2 nitrogen and oxygen atoms in total. The third-order valence-corrected chi connectivity index (χ3v) is 8.87. The Hall–Kier alpha value is -3.18. The highest BCUT2D eigenvalue weighted by molar-refractivity contribution is 6.07. The molecule has 0 aliphatic carbocycles. The summed E-state index contributed by atoms with van der Waals surface area (Å²) in [6.45, 7) is 15.8. The van der Waals surface area contributed by atoms with E-state index < -0.39 is 0 Å². The van der Waals surface area contributed by atoms with Gasteiger partial charge in [-0.1, -0.05) is 86.7 Å². The maximum atomic E-state index is 2.48. The van der Waals surface area contributed by atoms with Crippen LogP contribution in [0, 0.1) is 0 Å². The highest BCUT2D eigenvalue weighted by Crippen LogP contribution is 2.50. The Kier molecular flexibility index (Phi) is 7.56. The smallest absolute Gasteiger partial charge is 0.210 e. The summed E-state index contributed by atoms with van der Waals surface area (Å²) in [4.78, 5) is 2.48. The first-order chi connectivity index (χ1) is 18.8. The van der Waals surface area contributed by atoms with Gasteiger partial charge in [-0.05, 0) is 73.0 Å². The first kappa shape index (κ1) is 28.4. The largest absolute Gasteiger partial charge is 1.00 e. The molecule has 204 valence electrons. The third-order valence-electron chi connectivity index (χ3n) is 8.87. The highest BCUT2D eigenvalue weighted by Gasteiger charge is 2.45. The lowest BCUT2D eigenvalue weighted by Crippen LogP contribution is -3.00. The Labute approximate surface area is 256 Å². The van der Waals surface area contributed by atoms with E-state index in [0.717, 1.165) is 13.1 Å². The lowest BCUT2D eigenvalue weighted by atomic mass is 9.79. The first-order valence-electron chi connectivity index (χ1n) is 14.3. The molecule has 2 heterocycles. The molecule has 0 amide bonds. The van der Waals surface area contributed by atoms with E-state index in [1.165, 1.54) is 55.5 Å². The molecular formula is C37H39IN2. The van der Waals surface area contributed by atoms with Crippen LogP contribution in [0.2, 0.25) is 0 Å². The van der Waals surface area contributed by atoms with Crippen molar-refractivity contribution in [1.82, 2.24) is 0 Å².